The first-order valence-electron chi connectivity index (χ1n) is 8.69. The molecule has 1 aliphatic heterocycles. The number of carboxylic acids is 1. The van der Waals surface area contributed by atoms with Crippen LogP contribution in [0.15, 0.2) is 48.5 Å². The molecule has 0 bridgehead atoms. The zero-order chi connectivity index (χ0) is 18.5. The van der Waals surface area contributed by atoms with Gasteiger partial charge < -0.3 is 20.1 Å². The summed E-state index contributed by atoms with van der Waals surface area (Å²) in [5, 5.41) is 12.2. The number of ether oxygens (including phenoxy) is 1. The molecule has 136 valence electrons. The van der Waals surface area contributed by atoms with Gasteiger partial charge in [-0.3, -0.25) is 4.79 Å². The van der Waals surface area contributed by atoms with E-state index in [4.69, 9.17) is 4.74 Å². The Morgan fingerprint density at radius 2 is 1.92 bits per heavy atom. The summed E-state index contributed by atoms with van der Waals surface area (Å²) in [5.41, 5.74) is 2.57. The maximum absolute atomic E-state index is 12.9. The third-order valence-electron chi connectivity index (χ3n) is 4.47. The number of aliphatic carboxylic acids is 1. The van der Waals surface area contributed by atoms with Gasteiger partial charge in [0.2, 0.25) is 0 Å². The molecular formula is C20H22N2O4. The van der Waals surface area contributed by atoms with Crippen LogP contribution in [0, 0.1) is 0 Å². The standard InChI is InChI=1S/C20H22N2O4/c1-2-26-18-10-6-5-9-16(18)21-20(25)22-12-11-14-7-3-4-8-15(14)17(22)13-19(23)24/h3-10,17H,2,11-13H2,1H3,(H,21,25)(H,23,24). The first-order chi connectivity index (χ1) is 12.6. The molecule has 1 heterocycles. The van der Waals surface area contributed by atoms with E-state index in [2.05, 4.69) is 5.32 Å². The predicted molar refractivity (Wildman–Crippen MR) is 98.5 cm³/mol. The van der Waals surface area contributed by atoms with Crippen LogP contribution in [0.2, 0.25) is 0 Å². The number of amides is 2. The van der Waals surface area contributed by atoms with Gasteiger partial charge in [0.25, 0.3) is 0 Å². The molecule has 2 aromatic carbocycles. The third-order valence-corrected chi connectivity index (χ3v) is 4.47. The lowest BCUT2D eigenvalue weighted by atomic mass is 9.91. The van der Waals surface area contributed by atoms with Crippen LogP contribution >= 0.6 is 0 Å². The second-order valence-electron chi connectivity index (χ2n) is 6.12. The lowest BCUT2D eigenvalue weighted by Gasteiger charge is -2.36. The summed E-state index contributed by atoms with van der Waals surface area (Å²) in [7, 11) is 0. The molecule has 1 aliphatic rings. The number of benzene rings is 2. The predicted octanol–water partition coefficient (Wildman–Crippen LogP) is 3.69. The fourth-order valence-corrected chi connectivity index (χ4v) is 3.32. The zero-order valence-electron chi connectivity index (χ0n) is 14.6. The summed E-state index contributed by atoms with van der Waals surface area (Å²) in [6, 6.07) is 14.1. The molecule has 0 radical (unpaired) electrons. The summed E-state index contributed by atoms with van der Waals surface area (Å²) in [6.45, 7) is 2.84. The summed E-state index contributed by atoms with van der Waals surface area (Å²) in [6.07, 6.45) is 0.574. The molecule has 0 fully saturated rings. The van der Waals surface area contributed by atoms with Crippen LogP contribution < -0.4 is 10.1 Å². The fourth-order valence-electron chi connectivity index (χ4n) is 3.32. The van der Waals surface area contributed by atoms with E-state index in [-0.39, 0.29) is 12.5 Å². The molecule has 3 rings (SSSR count). The number of anilines is 1. The normalized spacial score (nSPS) is 15.9. The van der Waals surface area contributed by atoms with E-state index in [1.165, 1.54) is 0 Å². The molecule has 26 heavy (non-hydrogen) atoms. The second-order valence-corrected chi connectivity index (χ2v) is 6.12. The number of carboxylic acid groups (broad SMARTS) is 1. The Bertz CT molecular complexity index is 806. The number of nitrogens with zero attached hydrogens (tertiary/aromatic N) is 1. The molecule has 1 unspecified atom stereocenters. The van der Waals surface area contributed by atoms with Gasteiger partial charge in [-0.05, 0) is 36.6 Å². The Morgan fingerprint density at radius 3 is 2.69 bits per heavy atom. The quantitative estimate of drug-likeness (QED) is 0.858. The Morgan fingerprint density at radius 1 is 1.19 bits per heavy atom. The van der Waals surface area contributed by atoms with Gasteiger partial charge in [0, 0.05) is 6.54 Å². The van der Waals surface area contributed by atoms with Crippen molar-refractivity contribution in [1.82, 2.24) is 4.90 Å². The van der Waals surface area contributed by atoms with Gasteiger partial charge in [0.15, 0.2) is 0 Å². The fraction of sp³-hybridized carbons (Fsp3) is 0.300. The van der Waals surface area contributed by atoms with Crippen LogP contribution in [-0.4, -0.2) is 35.2 Å². The third kappa shape index (κ3) is 3.79. The lowest BCUT2D eigenvalue weighted by Crippen LogP contribution is -2.43. The van der Waals surface area contributed by atoms with Crippen LogP contribution in [0.25, 0.3) is 0 Å². The number of hydrogen-bond acceptors (Lipinski definition) is 3. The van der Waals surface area contributed by atoms with E-state index >= 15 is 0 Å². The summed E-state index contributed by atoms with van der Waals surface area (Å²) in [4.78, 5) is 25.9. The highest BCUT2D eigenvalue weighted by Gasteiger charge is 2.32. The van der Waals surface area contributed by atoms with Gasteiger partial charge in [0.1, 0.15) is 5.75 Å². The number of rotatable bonds is 5. The first kappa shape index (κ1) is 17.8. The van der Waals surface area contributed by atoms with Gasteiger partial charge in [-0.2, -0.15) is 0 Å². The van der Waals surface area contributed by atoms with Crippen molar-refractivity contribution in [1.29, 1.82) is 0 Å². The molecule has 2 N–H and O–H groups in total. The minimum Gasteiger partial charge on any atom is -0.492 e. The second kappa shape index (κ2) is 7.91. The molecule has 1 atom stereocenters. The minimum atomic E-state index is -0.931. The molecule has 2 amide bonds. The Hall–Kier alpha value is -3.02. The van der Waals surface area contributed by atoms with Crippen molar-refractivity contribution in [2.45, 2.75) is 25.8 Å². The molecule has 6 heteroatoms. The molecular weight excluding hydrogens is 332 g/mol. The highest BCUT2D eigenvalue weighted by Crippen LogP contribution is 2.33. The molecule has 0 saturated carbocycles. The van der Waals surface area contributed by atoms with E-state index in [1.807, 2.05) is 43.3 Å². The van der Waals surface area contributed by atoms with E-state index in [9.17, 15) is 14.7 Å². The van der Waals surface area contributed by atoms with Gasteiger partial charge in [-0.25, -0.2) is 4.79 Å². The topological polar surface area (TPSA) is 78.9 Å². The number of carbonyl (C=O) groups is 2. The highest BCUT2D eigenvalue weighted by molar-refractivity contribution is 5.91. The van der Waals surface area contributed by atoms with Crippen molar-refractivity contribution in [3.8, 4) is 5.75 Å². The maximum atomic E-state index is 12.9. The van der Waals surface area contributed by atoms with Crippen LogP contribution in [0.4, 0.5) is 10.5 Å². The monoisotopic (exact) mass is 354 g/mol. The van der Waals surface area contributed by atoms with E-state index in [0.717, 1.165) is 11.1 Å². The first-order valence-corrected chi connectivity index (χ1v) is 8.69. The van der Waals surface area contributed by atoms with E-state index in [0.29, 0.717) is 31.0 Å². The van der Waals surface area contributed by atoms with Crippen LogP contribution in [0.1, 0.15) is 30.5 Å². The van der Waals surface area contributed by atoms with Crippen molar-refractivity contribution in [3.63, 3.8) is 0 Å². The summed E-state index contributed by atoms with van der Waals surface area (Å²) in [5.74, 6) is -0.338. The van der Waals surface area contributed by atoms with Crippen molar-refractivity contribution in [2.75, 3.05) is 18.5 Å². The van der Waals surface area contributed by atoms with Crippen molar-refractivity contribution in [3.05, 3.63) is 59.7 Å². The van der Waals surface area contributed by atoms with Crippen LogP contribution in [0.3, 0.4) is 0 Å². The van der Waals surface area contributed by atoms with Crippen molar-refractivity contribution >= 4 is 17.7 Å². The van der Waals surface area contributed by atoms with Crippen molar-refractivity contribution in [2.24, 2.45) is 0 Å². The average molecular weight is 354 g/mol. The largest absolute Gasteiger partial charge is 0.492 e. The maximum Gasteiger partial charge on any atom is 0.322 e. The van der Waals surface area contributed by atoms with Gasteiger partial charge in [0.05, 0.1) is 24.8 Å². The number of para-hydroxylation sites is 2. The van der Waals surface area contributed by atoms with Gasteiger partial charge in [-0.1, -0.05) is 36.4 Å². The van der Waals surface area contributed by atoms with E-state index in [1.54, 1.807) is 17.0 Å². The molecule has 0 saturated heterocycles. The van der Waals surface area contributed by atoms with Gasteiger partial charge in [-0.15, -0.1) is 0 Å². The molecule has 0 spiro atoms. The van der Waals surface area contributed by atoms with Crippen molar-refractivity contribution < 1.29 is 19.4 Å². The molecule has 0 aromatic heterocycles. The van der Waals surface area contributed by atoms with E-state index < -0.39 is 12.0 Å². The number of nitrogens with one attached hydrogen (secondary N) is 1. The number of urea groups is 1. The molecule has 2 aromatic rings. The lowest BCUT2D eigenvalue weighted by molar-refractivity contribution is -0.138. The smallest absolute Gasteiger partial charge is 0.322 e. The zero-order valence-corrected chi connectivity index (χ0v) is 14.6. The van der Waals surface area contributed by atoms with Crippen LogP contribution in [-0.2, 0) is 11.2 Å². The molecule has 0 aliphatic carbocycles. The minimum absolute atomic E-state index is 0.127. The average Bonchev–Trinajstić information content (AvgIpc) is 2.63. The molecule has 6 nitrogen and oxygen atoms in total. The Labute approximate surface area is 152 Å². The van der Waals surface area contributed by atoms with Gasteiger partial charge >= 0.3 is 12.0 Å². The number of hydrogen-bond donors (Lipinski definition) is 2. The number of carbonyl (C=O) groups excluding carboxylic acids is 1. The Balaban J connectivity index is 1.85. The summed E-state index contributed by atoms with van der Waals surface area (Å²) < 4.78 is 5.55. The van der Waals surface area contributed by atoms with Crippen LogP contribution in [0.5, 0.6) is 5.75 Å². The number of fused-ring (bicyclic) bond motifs is 1. The summed E-state index contributed by atoms with van der Waals surface area (Å²) >= 11 is 0. The SMILES string of the molecule is CCOc1ccccc1NC(=O)N1CCc2ccccc2C1CC(=O)O. The highest BCUT2D eigenvalue weighted by atomic mass is 16.5. The Kier molecular flexibility index (Phi) is 5.41.